The minimum atomic E-state index is -4.44. The van der Waals surface area contributed by atoms with E-state index in [1.165, 1.54) is 0 Å². The Hall–Kier alpha value is -2.18. The van der Waals surface area contributed by atoms with Crippen molar-refractivity contribution >= 4 is 5.95 Å². The van der Waals surface area contributed by atoms with Crippen LogP contribution in [0, 0.1) is 5.92 Å². The fourth-order valence-electron chi connectivity index (χ4n) is 2.65. The molecule has 0 aliphatic carbocycles. The lowest BCUT2D eigenvalue weighted by atomic mass is 10.0. The molecule has 7 heteroatoms. The first-order chi connectivity index (χ1) is 10.5. The van der Waals surface area contributed by atoms with Gasteiger partial charge in [0.25, 0.3) is 0 Å². The van der Waals surface area contributed by atoms with E-state index in [1.807, 2.05) is 23.1 Å². The zero-order valence-electron chi connectivity index (χ0n) is 11.8. The molecule has 0 saturated carbocycles. The largest absolute Gasteiger partial charge is 0.433 e. The van der Waals surface area contributed by atoms with Crippen molar-refractivity contribution in [3.05, 3.63) is 48.0 Å². The van der Waals surface area contributed by atoms with Crippen LogP contribution >= 0.6 is 0 Å². The van der Waals surface area contributed by atoms with Gasteiger partial charge in [0.05, 0.1) is 0 Å². The molecule has 1 saturated heterocycles. The highest BCUT2D eigenvalue weighted by atomic mass is 19.4. The van der Waals surface area contributed by atoms with E-state index in [2.05, 4.69) is 15.0 Å². The van der Waals surface area contributed by atoms with Crippen LogP contribution in [0.1, 0.15) is 17.8 Å². The van der Waals surface area contributed by atoms with Crippen LogP contribution in [0.15, 0.2) is 36.7 Å². The smallest absolute Gasteiger partial charge is 0.341 e. The Kier molecular flexibility index (Phi) is 3.96. The van der Waals surface area contributed by atoms with Crippen LogP contribution in [0.3, 0.4) is 0 Å². The third-order valence-electron chi connectivity index (χ3n) is 3.73. The first-order valence-corrected chi connectivity index (χ1v) is 7.07. The average Bonchev–Trinajstić information content (AvgIpc) is 2.96. The Morgan fingerprint density at radius 1 is 1.14 bits per heavy atom. The number of hydrogen-bond acceptors (Lipinski definition) is 4. The average molecular weight is 308 g/mol. The molecular weight excluding hydrogens is 293 g/mol. The molecule has 3 heterocycles. The van der Waals surface area contributed by atoms with E-state index in [1.54, 1.807) is 6.20 Å². The number of nitrogens with zero attached hydrogens (tertiary/aromatic N) is 4. The van der Waals surface area contributed by atoms with Crippen LogP contribution in [-0.4, -0.2) is 28.0 Å². The van der Waals surface area contributed by atoms with E-state index in [-0.39, 0.29) is 5.95 Å². The second-order valence-corrected chi connectivity index (χ2v) is 5.37. The highest BCUT2D eigenvalue weighted by Crippen LogP contribution is 2.29. The van der Waals surface area contributed by atoms with Gasteiger partial charge < -0.3 is 4.90 Å². The van der Waals surface area contributed by atoms with Crippen molar-refractivity contribution in [3.8, 4) is 0 Å². The summed E-state index contributed by atoms with van der Waals surface area (Å²) < 4.78 is 38.1. The van der Waals surface area contributed by atoms with Crippen LogP contribution in [0.2, 0.25) is 0 Å². The van der Waals surface area contributed by atoms with Crippen molar-refractivity contribution < 1.29 is 13.2 Å². The van der Waals surface area contributed by atoms with Crippen LogP contribution < -0.4 is 4.90 Å². The van der Waals surface area contributed by atoms with E-state index in [0.29, 0.717) is 19.0 Å². The fourth-order valence-corrected chi connectivity index (χ4v) is 2.65. The number of aromatic nitrogens is 3. The first kappa shape index (κ1) is 14.7. The second-order valence-electron chi connectivity index (χ2n) is 5.37. The zero-order chi connectivity index (χ0) is 15.6. The van der Waals surface area contributed by atoms with Gasteiger partial charge in [0, 0.05) is 31.2 Å². The standard InChI is InChI=1S/C15H15F3N4/c16-15(17,18)13-4-7-20-14(21-13)22-8-5-11(10-22)9-12-3-1-2-6-19-12/h1-4,6-7,11H,5,8-10H2. The summed E-state index contributed by atoms with van der Waals surface area (Å²) in [6.45, 7) is 1.32. The molecule has 1 aliphatic rings. The van der Waals surface area contributed by atoms with Crippen molar-refractivity contribution in [2.24, 2.45) is 5.92 Å². The molecule has 1 atom stereocenters. The first-order valence-electron chi connectivity index (χ1n) is 7.07. The Balaban J connectivity index is 1.68. The van der Waals surface area contributed by atoms with Gasteiger partial charge in [-0.05, 0) is 37.0 Å². The molecule has 1 unspecified atom stereocenters. The molecule has 4 nitrogen and oxygen atoms in total. The molecule has 0 bridgehead atoms. The van der Waals surface area contributed by atoms with Crippen LogP contribution in [-0.2, 0) is 12.6 Å². The van der Waals surface area contributed by atoms with E-state index >= 15 is 0 Å². The van der Waals surface area contributed by atoms with Crippen molar-refractivity contribution in [3.63, 3.8) is 0 Å². The Morgan fingerprint density at radius 3 is 2.73 bits per heavy atom. The van der Waals surface area contributed by atoms with Crippen molar-refractivity contribution in [2.45, 2.75) is 19.0 Å². The maximum Gasteiger partial charge on any atom is 0.433 e. The third-order valence-corrected chi connectivity index (χ3v) is 3.73. The molecule has 2 aromatic rings. The van der Waals surface area contributed by atoms with Gasteiger partial charge >= 0.3 is 6.18 Å². The van der Waals surface area contributed by atoms with Gasteiger partial charge in [-0.25, -0.2) is 9.97 Å². The van der Waals surface area contributed by atoms with Gasteiger partial charge in [-0.2, -0.15) is 13.2 Å². The summed E-state index contributed by atoms with van der Waals surface area (Å²) >= 11 is 0. The fraction of sp³-hybridized carbons (Fsp3) is 0.400. The molecule has 2 aromatic heterocycles. The molecule has 1 aliphatic heterocycles. The van der Waals surface area contributed by atoms with Gasteiger partial charge in [0.1, 0.15) is 5.69 Å². The van der Waals surface area contributed by atoms with Crippen LogP contribution in [0.5, 0.6) is 0 Å². The minimum absolute atomic E-state index is 0.151. The number of alkyl halides is 3. The summed E-state index contributed by atoms with van der Waals surface area (Å²) in [5.41, 5.74) is 0.102. The molecule has 0 spiro atoms. The van der Waals surface area contributed by atoms with Gasteiger partial charge in [0.15, 0.2) is 0 Å². The third kappa shape index (κ3) is 3.35. The lowest BCUT2D eigenvalue weighted by molar-refractivity contribution is -0.141. The lowest BCUT2D eigenvalue weighted by Gasteiger charge is -2.17. The molecule has 0 radical (unpaired) electrons. The molecule has 1 fully saturated rings. The van der Waals surface area contributed by atoms with E-state index in [4.69, 9.17) is 0 Å². The lowest BCUT2D eigenvalue weighted by Crippen LogP contribution is -2.24. The summed E-state index contributed by atoms with van der Waals surface area (Å²) in [6.07, 6.45) is 0.187. The number of halogens is 3. The molecular formula is C15H15F3N4. The van der Waals surface area contributed by atoms with Crippen molar-refractivity contribution in [2.75, 3.05) is 18.0 Å². The Labute approximate surface area is 126 Å². The van der Waals surface area contributed by atoms with Crippen LogP contribution in [0.25, 0.3) is 0 Å². The molecule has 0 N–H and O–H groups in total. The predicted octanol–water partition coefficient (Wildman–Crippen LogP) is 2.96. The van der Waals surface area contributed by atoms with Crippen molar-refractivity contribution in [1.29, 1.82) is 0 Å². The summed E-state index contributed by atoms with van der Waals surface area (Å²) in [7, 11) is 0. The van der Waals surface area contributed by atoms with E-state index in [9.17, 15) is 13.2 Å². The van der Waals surface area contributed by atoms with Gasteiger partial charge in [0.2, 0.25) is 5.95 Å². The highest BCUT2D eigenvalue weighted by molar-refractivity contribution is 5.32. The quantitative estimate of drug-likeness (QED) is 0.874. The maximum absolute atomic E-state index is 12.7. The monoisotopic (exact) mass is 308 g/mol. The van der Waals surface area contributed by atoms with E-state index in [0.717, 1.165) is 30.8 Å². The molecule has 3 rings (SSSR count). The molecule has 0 aromatic carbocycles. The molecule has 0 amide bonds. The summed E-state index contributed by atoms with van der Waals surface area (Å²) in [5.74, 6) is 0.506. The van der Waals surface area contributed by atoms with Crippen LogP contribution in [0.4, 0.5) is 19.1 Å². The van der Waals surface area contributed by atoms with Gasteiger partial charge in [-0.15, -0.1) is 0 Å². The van der Waals surface area contributed by atoms with Gasteiger partial charge in [-0.3, -0.25) is 4.98 Å². The molecule has 22 heavy (non-hydrogen) atoms. The normalized spacial score (nSPS) is 18.7. The maximum atomic E-state index is 12.7. The number of pyridine rings is 1. The Morgan fingerprint density at radius 2 is 2.00 bits per heavy atom. The summed E-state index contributed by atoms with van der Waals surface area (Å²) in [5, 5.41) is 0. The minimum Gasteiger partial charge on any atom is -0.341 e. The van der Waals surface area contributed by atoms with E-state index < -0.39 is 11.9 Å². The van der Waals surface area contributed by atoms with Crippen molar-refractivity contribution in [1.82, 2.24) is 15.0 Å². The molecule has 116 valence electrons. The second kappa shape index (κ2) is 5.90. The summed E-state index contributed by atoms with van der Waals surface area (Å²) in [6, 6.07) is 6.65. The highest BCUT2D eigenvalue weighted by Gasteiger charge is 2.34. The Bertz CT molecular complexity index is 630. The topological polar surface area (TPSA) is 41.9 Å². The number of rotatable bonds is 3. The predicted molar refractivity (Wildman–Crippen MR) is 75.3 cm³/mol. The summed E-state index contributed by atoms with van der Waals surface area (Å²) in [4.78, 5) is 13.7. The van der Waals surface area contributed by atoms with Gasteiger partial charge in [-0.1, -0.05) is 6.07 Å². The number of anilines is 1. The SMILES string of the molecule is FC(F)(F)c1ccnc(N2CCC(Cc3ccccn3)C2)n1. The number of hydrogen-bond donors (Lipinski definition) is 0. The zero-order valence-corrected chi connectivity index (χ0v) is 11.8.